The van der Waals surface area contributed by atoms with Crippen LogP contribution in [0.5, 0.6) is 0 Å². The second-order valence-corrected chi connectivity index (χ2v) is 7.91. The molecular weight excluding hydrogens is 412 g/mol. The van der Waals surface area contributed by atoms with Gasteiger partial charge in [0.1, 0.15) is 17.8 Å². The van der Waals surface area contributed by atoms with Gasteiger partial charge in [0.25, 0.3) is 5.79 Å². The van der Waals surface area contributed by atoms with Crippen molar-refractivity contribution >= 4 is 23.1 Å². The van der Waals surface area contributed by atoms with Gasteiger partial charge in [-0.25, -0.2) is 0 Å². The maximum absolute atomic E-state index is 12.7. The SMILES string of the molecule is CC(=O)C(O)[C@H]1O[C@@](O)(C(C)=O)[C@](O)(C(C)=O)[C@](O)(Cc2ccccc2)[C@@]1(O)C(C)=O. The van der Waals surface area contributed by atoms with Crippen LogP contribution in [0.15, 0.2) is 30.3 Å². The van der Waals surface area contributed by atoms with Crippen LogP contribution in [0.2, 0.25) is 0 Å². The number of carbonyl (C=O) groups excluding carboxylic acids is 4. The minimum Gasteiger partial charge on any atom is -0.382 e. The van der Waals surface area contributed by atoms with Crippen molar-refractivity contribution in [3.8, 4) is 0 Å². The van der Waals surface area contributed by atoms with Crippen molar-refractivity contribution in [3.63, 3.8) is 0 Å². The average molecular weight is 438 g/mol. The zero-order valence-corrected chi connectivity index (χ0v) is 17.5. The minimum absolute atomic E-state index is 0.188. The Labute approximate surface area is 178 Å². The van der Waals surface area contributed by atoms with Crippen LogP contribution in [0.3, 0.4) is 0 Å². The van der Waals surface area contributed by atoms with E-state index in [1.807, 2.05) is 0 Å². The second-order valence-electron chi connectivity index (χ2n) is 7.91. The highest BCUT2D eigenvalue weighted by Gasteiger charge is 2.82. The Bertz CT molecular complexity index is 914. The van der Waals surface area contributed by atoms with Crippen molar-refractivity contribution in [1.29, 1.82) is 0 Å². The van der Waals surface area contributed by atoms with Gasteiger partial charge in [0.2, 0.25) is 5.60 Å². The fraction of sp³-hybridized carbons (Fsp3) is 0.524. The van der Waals surface area contributed by atoms with Gasteiger partial charge in [0.15, 0.2) is 28.7 Å². The number of rotatable bonds is 7. The Morgan fingerprint density at radius 3 is 1.81 bits per heavy atom. The zero-order valence-electron chi connectivity index (χ0n) is 17.5. The van der Waals surface area contributed by atoms with Crippen LogP contribution in [0.1, 0.15) is 33.3 Å². The molecule has 0 spiro atoms. The molecule has 0 saturated carbocycles. The topological polar surface area (TPSA) is 179 Å². The summed E-state index contributed by atoms with van der Waals surface area (Å²) in [6, 6.07) is 7.52. The molecule has 1 aliphatic heterocycles. The van der Waals surface area contributed by atoms with Gasteiger partial charge in [0.05, 0.1) is 0 Å². The van der Waals surface area contributed by atoms with E-state index in [0.717, 1.165) is 27.7 Å². The predicted molar refractivity (Wildman–Crippen MR) is 104 cm³/mol. The summed E-state index contributed by atoms with van der Waals surface area (Å²) in [4.78, 5) is 49.5. The van der Waals surface area contributed by atoms with E-state index >= 15 is 0 Å². The van der Waals surface area contributed by atoms with Crippen molar-refractivity contribution in [2.24, 2.45) is 0 Å². The quantitative estimate of drug-likeness (QED) is 0.327. The minimum atomic E-state index is -3.56. The third kappa shape index (κ3) is 3.27. The van der Waals surface area contributed by atoms with Crippen LogP contribution in [0.4, 0.5) is 0 Å². The number of aliphatic hydroxyl groups is 5. The molecule has 0 aromatic heterocycles. The lowest BCUT2D eigenvalue weighted by Gasteiger charge is -2.61. The highest BCUT2D eigenvalue weighted by atomic mass is 16.7. The largest absolute Gasteiger partial charge is 0.382 e. The van der Waals surface area contributed by atoms with Crippen LogP contribution in [0.25, 0.3) is 0 Å². The number of Topliss-reactive ketones (excluding diaryl/α,β-unsaturated/α-hetero) is 4. The lowest BCUT2D eigenvalue weighted by Crippen LogP contribution is -2.90. The molecule has 0 bridgehead atoms. The monoisotopic (exact) mass is 438 g/mol. The summed E-state index contributed by atoms with van der Waals surface area (Å²) in [5.41, 5.74) is -9.97. The number of hydrogen-bond acceptors (Lipinski definition) is 10. The van der Waals surface area contributed by atoms with E-state index in [0.29, 0.717) is 0 Å². The van der Waals surface area contributed by atoms with Gasteiger partial charge >= 0.3 is 0 Å². The molecule has 0 amide bonds. The molecule has 1 aromatic rings. The molecule has 170 valence electrons. The molecular formula is C21H26O10. The van der Waals surface area contributed by atoms with E-state index in [2.05, 4.69) is 0 Å². The third-order valence-corrected chi connectivity index (χ3v) is 5.96. The van der Waals surface area contributed by atoms with Crippen LogP contribution in [-0.4, -0.2) is 83.5 Å². The summed E-state index contributed by atoms with van der Waals surface area (Å²) in [6.45, 7) is 3.10. The molecule has 5 N–H and O–H groups in total. The number of carbonyl (C=O) groups is 4. The maximum Gasteiger partial charge on any atom is 0.267 e. The van der Waals surface area contributed by atoms with Crippen LogP contribution in [-0.2, 0) is 30.3 Å². The van der Waals surface area contributed by atoms with E-state index < -0.39 is 64.4 Å². The fourth-order valence-corrected chi connectivity index (χ4v) is 4.16. The van der Waals surface area contributed by atoms with E-state index in [1.165, 1.54) is 24.3 Å². The smallest absolute Gasteiger partial charge is 0.267 e. The standard InChI is InChI=1S/C21H26O10/c1-11(22)16(26)17-19(28,12(2)23)18(27,10-15-8-6-5-7-9-15)20(29,13(3)24)21(30,31-17)14(4)25/h5-9,16-17,26-30H,10H2,1-4H3/t16?,17-,18+,19-,20+,21+/m1/s1. The van der Waals surface area contributed by atoms with Gasteiger partial charge in [-0.05, 0) is 26.3 Å². The molecule has 1 aromatic carbocycles. The maximum atomic E-state index is 12.7. The van der Waals surface area contributed by atoms with E-state index in [9.17, 15) is 44.7 Å². The third-order valence-electron chi connectivity index (χ3n) is 5.96. The first-order chi connectivity index (χ1) is 14.1. The Kier molecular flexibility index (Phi) is 6.41. The van der Waals surface area contributed by atoms with Crippen LogP contribution < -0.4 is 0 Å². The molecule has 1 saturated heterocycles. The predicted octanol–water partition coefficient (Wildman–Crippen LogP) is -1.77. The lowest BCUT2D eigenvalue weighted by atomic mass is 9.56. The molecule has 31 heavy (non-hydrogen) atoms. The lowest BCUT2D eigenvalue weighted by molar-refractivity contribution is -0.404. The first-order valence-corrected chi connectivity index (χ1v) is 9.44. The summed E-state index contributed by atoms with van der Waals surface area (Å²) < 4.78 is 5.08. The fourth-order valence-electron chi connectivity index (χ4n) is 4.16. The highest BCUT2D eigenvalue weighted by Crippen LogP contribution is 2.52. The van der Waals surface area contributed by atoms with E-state index in [1.54, 1.807) is 6.07 Å². The summed E-state index contributed by atoms with van der Waals surface area (Å²) >= 11 is 0. The van der Waals surface area contributed by atoms with Gasteiger partial charge in [0, 0.05) is 13.3 Å². The van der Waals surface area contributed by atoms with Crippen LogP contribution >= 0.6 is 0 Å². The first-order valence-electron chi connectivity index (χ1n) is 9.44. The van der Waals surface area contributed by atoms with Crippen molar-refractivity contribution in [2.75, 3.05) is 0 Å². The Morgan fingerprint density at radius 1 is 0.903 bits per heavy atom. The zero-order chi connectivity index (χ0) is 24.0. The molecule has 1 fully saturated rings. The second kappa shape index (κ2) is 7.97. The number of aliphatic hydroxyl groups excluding tert-OH is 1. The molecule has 2 rings (SSSR count). The van der Waals surface area contributed by atoms with Crippen molar-refractivity contribution in [1.82, 2.24) is 0 Å². The Hall–Kier alpha value is -2.34. The normalized spacial score (nSPS) is 36.5. The average Bonchev–Trinajstić information content (AvgIpc) is 2.68. The first kappa shape index (κ1) is 24.9. The summed E-state index contributed by atoms with van der Waals surface area (Å²) in [5.74, 6) is -8.61. The van der Waals surface area contributed by atoms with Gasteiger partial charge < -0.3 is 30.3 Å². The van der Waals surface area contributed by atoms with E-state index in [4.69, 9.17) is 4.74 Å². The number of ketones is 4. The summed E-state index contributed by atoms with van der Waals surface area (Å²) in [5, 5.41) is 55.9. The molecule has 10 nitrogen and oxygen atoms in total. The molecule has 1 unspecified atom stereocenters. The van der Waals surface area contributed by atoms with Crippen molar-refractivity contribution in [3.05, 3.63) is 35.9 Å². The van der Waals surface area contributed by atoms with Crippen molar-refractivity contribution < 1.29 is 49.4 Å². The molecule has 0 radical (unpaired) electrons. The van der Waals surface area contributed by atoms with Gasteiger partial charge in [-0.1, -0.05) is 30.3 Å². The van der Waals surface area contributed by atoms with Crippen molar-refractivity contribution in [2.45, 2.75) is 68.9 Å². The van der Waals surface area contributed by atoms with Gasteiger partial charge in [-0.2, -0.15) is 0 Å². The molecule has 1 aliphatic rings. The summed E-state index contributed by atoms with van der Waals surface area (Å²) in [6.07, 6.45) is -5.54. The number of hydrogen-bond donors (Lipinski definition) is 5. The number of ether oxygens (including phenoxy) is 1. The molecule has 1 heterocycles. The Balaban J connectivity index is 2.98. The molecule has 10 heteroatoms. The molecule has 0 aliphatic carbocycles. The number of benzene rings is 1. The summed E-state index contributed by atoms with van der Waals surface area (Å²) in [7, 11) is 0. The Morgan fingerprint density at radius 2 is 1.42 bits per heavy atom. The molecule has 6 atom stereocenters. The van der Waals surface area contributed by atoms with Gasteiger partial charge in [-0.3, -0.25) is 19.2 Å². The highest BCUT2D eigenvalue weighted by molar-refractivity contribution is 6.01. The van der Waals surface area contributed by atoms with Crippen LogP contribution in [0, 0.1) is 0 Å². The van der Waals surface area contributed by atoms with E-state index in [-0.39, 0.29) is 5.56 Å². The van der Waals surface area contributed by atoms with Gasteiger partial charge in [-0.15, -0.1) is 0 Å².